The third-order valence-electron chi connectivity index (χ3n) is 3.76. The third kappa shape index (κ3) is 6.58. The molecule has 1 heteroatoms. The van der Waals surface area contributed by atoms with E-state index >= 15 is 0 Å². The molecule has 1 aromatic rings. The Kier molecular flexibility index (Phi) is 8.24. The average molecular weight is 260 g/mol. The van der Waals surface area contributed by atoms with Crippen LogP contribution >= 0.6 is 0 Å². The minimum atomic E-state index is -0.251. The number of hydrogen-bond donors (Lipinski definition) is 1. The first-order valence-electron chi connectivity index (χ1n) is 7.62. The smallest absolute Gasteiger partial charge is 0.0605 e. The third-order valence-corrected chi connectivity index (χ3v) is 3.76. The molecular formula is C18H28O. The van der Waals surface area contributed by atoms with Crippen molar-refractivity contribution in [2.24, 2.45) is 5.92 Å². The molecule has 0 fully saturated rings. The Bertz CT molecular complexity index is 331. The first-order chi connectivity index (χ1) is 9.27. The standard InChI is InChI=1S/C18H28O/c1-3-5-6-10-13-17(4-2)18(19)15-14-16-11-8-7-9-12-16/h4,7-9,11-12,17-19H,2-3,5-6,10,13-15H2,1H3/t17-,18-/m1/s1. The fraction of sp³-hybridized carbons (Fsp3) is 0.556. The van der Waals surface area contributed by atoms with Gasteiger partial charge in [-0.05, 0) is 24.8 Å². The molecule has 0 saturated heterocycles. The second-order valence-electron chi connectivity index (χ2n) is 5.34. The summed E-state index contributed by atoms with van der Waals surface area (Å²) in [5, 5.41) is 10.3. The fourth-order valence-electron chi connectivity index (χ4n) is 2.45. The number of unbranched alkanes of at least 4 members (excludes halogenated alkanes) is 3. The zero-order valence-electron chi connectivity index (χ0n) is 12.2. The summed E-state index contributed by atoms with van der Waals surface area (Å²) in [5.41, 5.74) is 1.30. The summed E-state index contributed by atoms with van der Waals surface area (Å²) in [6.07, 6.45) is 9.55. The molecular weight excluding hydrogens is 232 g/mol. The predicted octanol–water partition coefficient (Wildman–Crippen LogP) is 4.75. The zero-order valence-corrected chi connectivity index (χ0v) is 12.2. The highest BCUT2D eigenvalue weighted by Gasteiger charge is 2.15. The number of hydrogen-bond acceptors (Lipinski definition) is 1. The Hall–Kier alpha value is -1.08. The summed E-state index contributed by atoms with van der Waals surface area (Å²) < 4.78 is 0. The van der Waals surface area contributed by atoms with Crippen LogP contribution in [0.2, 0.25) is 0 Å². The topological polar surface area (TPSA) is 20.2 Å². The molecule has 0 unspecified atom stereocenters. The molecule has 0 aliphatic carbocycles. The van der Waals surface area contributed by atoms with Gasteiger partial charge in [0.15, 0.2) is 0 Å². The monoisotopic (exact) mass is 260 g/mol. The van der Waals surface area contributed by atoms with Crippen molar-refractivity contribution in [3.05, 3.63) is 48.6 Å². The lowest BCUT2D eigenvalue weighted by Gasteiger charge is -2.19. The maximum atomic E-state index is 10.3. The Labute approximate surface area is 118 Å². The van der Waals surface area contributed by atoms with Gasteiger partial charge in [0.1, 0.15) is 0 Å². The molecule has 0 radical (unpaired) electrons. The molecule has 1 rings (SSSR count). The molecule has 0 heterocycles. The van der Waals surface area contributed by atoms with Crippen LogP contribution in [0.15, 0.2) is 43.0 Å². The van der Waals surface area contributed by atoms with Crippen LogP contribution in [0, 0.1) is 5.92 Å². The van der Waals surface area contributed by atoms with Crippen LogP contribution in [-0.4, -0.2) is 11.2 Å². The Morgan fingerprint density at radius 3 is 2.47 bits per heavy atom. The van der Waals surface area contributed by atoms with Gasteiger partial charge < -0.3 is 5.11 Å². The van der Waals surface area contributed by atoms with Gasteiger partial charge in [0.05, 0.1) is 6.10 Å². The number of aliphatic hydroxyl groups is 1. The van der Waals surface area contributed by atoms with Crippen molar-refractivity contribution in [1.82, 2.24) is 0 Å². The summed E-state index contributed by atoms with van der Waals surface area (Å²) in [4.78, 5) is 0. The van der Waals surface area contributed by atoms with Gasteiger partial charge in [0.25, 0.3) is 0 Å². The molecule has 0 spiro atoms. The average Bonchev–Trinajstić information content (AvgIpc) is 2.46. The lowest BCUT2D eigenvalue weighted by molar-refractivity contribution is 0.115. The highest BCUT2D eigenvalue weighted by Crippen LogP contribution is 2.19. The molecule has 1 aromatic carbocycles. The van der Waals surface area contributed by atoms with Crippen molar-refractivity contribution in [3.63, 3.8) is 0 Å². The van der Waals surface area contributed by atoms with E-state index in [2.05, 4.69) is 37.8 Å². The van der Waals surface area contributed by atoms with E-state index in [1.807, 2.05) is 12.1 Å². The Balaban J connectivity index is 2.28. The second-order valence-corrected chi connectivity index (χ2v) is 5.34. The van der Waals surface area contributed by atoms with E-state index < -0.39 is 0 Å². The first-order valence-corrected chi connectivity index (χ1v) is 7.62. The van der Waals surface area contributed by atoms with E-state index in [9.17, 15) is 5.11 Å². The number of rotatable bonds is 10. The normalized spacial score (nSPS) is 14.0. The van der Waals surface area contributed by atoms with E-state index in [0.29, 0.717) is 0 Å². The van der Waals surface area contributed by atoms with Crippen LogP contribution in [0.4, 0.5) is 0 Å². The van der Waals surface area contributed by atoms with Crippen LogP contribution in [0.5, 0.6) is 0 Å². The van der Waals surface area contributed by atoms with Crippen LogP contribution in [-0.2, 0) is 6.42 Å². The fourth-order valence-corrected chi connectivity index (χ4v) is 2.45. The van der Waals surface area contributed by atoms with Crippen LogP contribution in [0.25, 0.3) is 0 Å². The van der Waals surface area contributed by atoms with Crippen molar-refractivity contribution in [2.45, 2.75) is 58.0 Å². The van der Waals surface area contributed by atoms with Crippen molar-refractivity contribution >= 4 is 0 Å². The van der Waals surface area contributed by atoms with Gasteiger partial charge in [-0.25, -0.2) is 0 Å². The minimum absolute atomic E-state index is 0.251. The lowest BCUT2D eigenvalue weighted by Crippen LogP contribution is -2.19. The van der Waals surface area contributed by atoms with Gasteiger partial charge >= 0.3 is 0 Å². The van der Waals surface area contributed by atoms with E-state index in [1.54, 1.807) is 0 Å². The molecule has 106 valence electrons. The molecule has 19 heavy (non-hydrogen) atoms. The SMILES string of the molecule is C=C[C@H](CCCCCC)[C@H](O)CCc1ccccc1. The van der Waals surface area contributed by atoms with Gasteiger partial charge in [-0.2, -0.15) is 0 Å². The molecule has 0 amide bonds. The highest BCUT2D eigenvalue weighted by molar-refractivity contribution is 5.14. The molecule has 2 atom stereocenters. The van der Waals surface area contributed by atoms with E-state index in [0.717, 1.165) is 19.3 Å². The first kappa shape index (κ1) is 16.0. The summed E-state index contributed by atoms with van der Waals surface area (Å²) in [6.45, 7) is 6.10. The number of benzene rings is 1. The van der Waals surface area contributed by atoms with Crippen molar-refractivity contribution in [3.8, 4) is 0 Å². The summed E-state index contributed by atoms with van der Waals surface area (Å²) in [6, 6.07) is 10.4. The van der Waals surface area contributed by atoms with Gasteiger partial charge in [-0.3, -0.25) is 0 Å². The second kappa shape index (κ2) is 9.80. The van der Waals surface area contributed by atoms with Crippen molar-refractivity contribution < 1.29 is 5.11 Å². The maximum absolute atomic E-state index is 10.3. The predicted molar refractivity (Wildman–Crippen MR) is 83.2 cm³/mol. The van der Waals surface area contributed by atoms with E-state index in [-0.39, 0.29) is 12.0 Å². The minimum Gasteiger partial charge on any atom is -0.393 e. The van der Waals surface area contributed by atoms with E-state index in [1.165, 1.54) is 31.2 Å². The summed E-state index contributed by atoms with van der Waals surface area (Å²) in [7, 11) is 0. The Morgan fingerprint density at radius 1 is 1.11 bits per heavy atom. The maximum Gasteiger partial charge on any atom is 0.0605 e. The van der Waals surface area contributed by atoms with Crippen LogP contribution in [0.3, 0.4) is 0 Å². The van der Waals surface area contributed by atoms with Crippen molar-refractivity contribution in [1.29, 1.82) is 0 Å². The van der Waals surface area contributed by atoms with Gasteiger partial charge in [-0.1, -0.05) is 69.0 Å². The van der Waals surface area contributed by atoms with E-state index in [4.69, 9.17) is 0 Å². The van der Waals surface area contributed by atoms with Crippen LogP contribution in [0.1, 0.15) is 51.0 Å². The van der Waals surface area contributed by atoms with Crippen molar-refractivity contribution in [2.75, 3.05) is 0 Å². The van der Waals surface area contributed by atoms with Gasteiger partial charge in [-0.15, -0.1) is 6.58 Å². The van der Waals surface area contributed by atoms with Gasteiger partial charge in [0, 0.05) is 5.92 Å². The molecule has 0 aromatic heterocycles. The molecule has 0 aliphatic heterocycles. The molecule has 1 nitrogen and oxygen atoms in total. The lowest BCUT2D eigenvalue weighted by atomic mass is 9.91. The van der Waals surface area contributed by atoms with Crippen LogP contribution < -0.4 is 0 Å². The summed E-state index contributed by atoms with van der Waals surface area (Å²) >= 11 is 0. The molecule has 0 bridgehead atoms. The van der Waals surface area contributed by atoms with Gasteiger partial charge in [0.2, 0.25) is 0 Å². The number of aryl methyl sites for hydroxylation is 1. The quantitative estimate of drug-likeness (QED) is 0.475. The Morgan fingerprint density at radius 2 is 1.84 bits per heavy atom. The largest absolute Gasteiger partial charge is 0.393 e. The number of aliphatic hydroxyl groups excluding tert-OH is 1. The molecule has 1 N–H and O–H groups in total. The zero-order chi connectivity index (χ0) is 13.9. The highest BCUT2D eigenvalue weighted by atomic mass is 16.3. The summed E-state index contributed by atoms with van der Waals surface area (Å²) in [5.74, 6) is 0.251. The molecule has 0 saturated carbocycles. The molecule has 0 aliphatic rings.